The van der Waals surface area contributed by atoms with Crippen LogP contribution in [-0.4, -0.2) is 0 Å². The lowest BCUT2D eigenvalue weighted by Gasteiger charge is -2.08. The lowest BCUT2D eigenvalue weighted by Crippen LogP contribution is -1.96. The van der Waals surface area contributed by atoms with Crippen molar-refractivity contribution in [1.29, 1.82) is 0 Å². The molecule has 4 heteroatoms. The third kappa shape index (κ3) is 2.02. The molecule has 1 aromatic heterocycles. The highest BCUT2D eigenvalue weighted by atomic mass is 35.5. The maximum absolute atomic E-state index is 13.3. The molecule has 0 saturated heterocycles. The van der Waals surface area contributed by atoms with Gasteiger partial charge in [0.15, 0.2) is 0 Å². The first-order valence-corrected chi connectivity index (χ1v) is 4.73. The van der Waals surface area contributed by atoms with E-state index in [0.717, 1.165) is 6.07 Å². The van der Waals surface area contributed by atoms with E-state index in [9.17, 15) is 8.78 Å². The van der Waals surface area contributed by atoms with Crippen LogP contribution in [0.3, 0.4) is 0 Å². The van der Waals surface area contributed by atoms with Gasteiger partial charge in [-0.15, -0.1) is 11.6 Å². The first-order valence-electron chi connectivity index (χ1n) is 4.29. The zero-order valence-corrected chi connectivity index (χ0v) is 8.34. The maximum Gasteiger partial charge on any atom is 0.131 e. The number of hydrogen-bond donors (Lipinski definition) is 0. The van der Waals surface area contributed by atoms with Crippen molar-refractivity contribution in [3.05, 3.63) is 59.6 Å². The summed E-state index contributed by atoms with van der Waals surface area (Å²) in [6, 6.07) is 4.95. The fraction of sp³-hybridized carbons (Fsp3) is 0.0909. The topological polar surface area (TPSA) is 13.1 Å². The summed E-state index contributed by atoms with van der Waals surface area (Å²) < 4.78 is 30.8. The van der Waals surface area contributed by atoms with Crippen molar-refractivity contribution in [2.24, 2.45) is 0 Å². The minimum Gasteiger partial charge on any atom is -0.472 e. The van der Waals surface area contributed by atoms with Gasteiger partial charge in [-0.05, 0) is 12.1 Å². The molecular weight excluding hydrogens is 222 g/mol. The van der Waals surface area contributed by atoms with E-state index >= 15 is 0 Å². The molecule has 78 valence electrons. The van der Waals surface area contributed by atoms with Crippen LogP contribution in [0, 0.1) is 11.6 Å². The van der Waals surface area contributed by atoms with Crippen molar-refractivity contribution in [2.75, 3.05) is 0 Å². The quantitative estimate of drug-likeness (QED) is 0.711. The van der Waals surface area contributed by atoms with Gasteiger partial charge in [-0.1, -0.05) is 6.07 Å². The normalized spacial score (nSPS) is 12.7. The number of halogens is 3. The molecule has 0 aliphatic heterocycles. The first-order chi connectivity index (χ1) is 7.18. The standard InChI is InChI=1S/C11H7ClF2O/c12-11(7-3-4-15-6-7)9-2-1-8(13)5-10(9)14/h1-6,11H. The molecule has 1 atom stereocenters. The van der Waals surface area contributed by atoms with Crippen LogP contribution in [0.15, 0.2) is 41.2 Å². The average Bonchev–Trinajstić information content (AvgIpc) is 2.69. The second kappa shape index (κ2) is 4.03. The van der Waals surface area contributed by atoms with Gasteiger partial charge in [0.25, 0.3) is 0 Å². The molecule has 1 nitrogen and oxygen atoms in total. The Morgan fingerprint density at radius 1 is 1.20 bits per heavy atom. The largest absolute Gasteiger partial charge is 0.472 e. The minimum atomic E-state index is -0.663. The van der Waals surface area contributed by atoms with Gasteiger partial charge >= 0.3 is 0 Å². The molecule has 0 aliphatic rings. The smallest absolute Gasteiger partial charge is 0.131 e. The Bertz CT molecular complexity index is 454. The van der Waals surface area contributed by atoms with Gasteiger partial charge in [-0.2, -0.15) is 0 Å². The second-order valence-electron chi connectivity index (χ2n) is 3.09. The number of benzene rings is 1. The Morgan fingerprint density at radius 3 is 2.60 bits per heavy atom. The Balaban J connectivity index is 2.38. The van der Waals surface area contributed by atoms with Crippen LogP contribution < -0.4 is 0 Å². The predicted molar refractivity (Wildman–Crippen MR) is 52.8 cm³/mol. The van der Waals surface area contributed by atoms with E-state index < -0.39 is 17.0 Å². The molecule has 0 spiro atoms. The highest BCUT2D eigenvalue weighted by Gasteiger charge is 2.16. The van der Waals surface area contributed by atoms with Crippen LogP contribution in [0.5, 0.6) is 0 Å². The van der Waals surface area contributed by atoms with Crippen LogP contribution >= 0.6 is 11.6 Å². The van der Waals surface area contributed by atoms with Crippen LogP contribution in [0.1, 0.15) is 16.5 Å². The van der Waals surface area contributed by atoms with Crippen molar-refractivity contribution in [3.63, 3.8) is 0 Å². The Labute approximate surface area is 90.3 Å². The molecule has 2 rings (SSSR count). The van der Waals surface area contributed by atoms with Gasteiger partial charge in [0.1, 0.15) is 11.6 Å². The summed E-state index contributed by atoms with van der Waals surface area (Å²) in [4.78, 5) is 0. The predicted octanol–water partition coefficient (Wildman–Crippen LogP) is 3.89. The fourth-order valence-corrected chi connectivity index (χ4v) is 1.61. The summed E-state index contributed by atoms with van der Waals surface area (Å²) >= 11 is 6.01. The number of alkyl halides is 1. The zero-order valence-electron chi connectivity index (χ0n) is 7.58. The third-order valence-corrected chi connectivity index (χ3v) is 2.56. The summed E-state index contributed by atoms with van der Waals surface area (Å²) in [7, 11) is 0. The highest BCUT2D eigenvalue weighted by molar-refractivity contribution is 6.22. The molecule has 15 heavy (non-hydrogen) atoms. The molecule has 0 N–H and O–H groups in total. The van der Waals surface area contributed by atoms with Crippen molar-refractivity contribution >= 4 is 11.6 Å². The lowest BCUT2D eigenvalue weighted by molar-refractivity contribution is 0.561. The SMILES string of the molecule is Fc1ccc(C(Cl)c2ccoc2)c(F)c1. The fourth-order valence-electron chi connectivity index (χ4n) is 1.31. The highest BCUT2D eigenvalue weighted by Crippen LogP contribution is 2.30. The first kappa shape index (κ1) is 10.2. The monoisotopic (exact) mass is 228 g/mol. The van der Waals surface area contributed by atoms with Crippen LogP contribution in [0.2, 0.25) is 0 Å². The minimum absolute atomic E-state index is 0.236. The molecule has 0 amide bonds. The van der Waals surface area contributed by atoms with E-state index in [1.165, 1.54) is 24.7 Å². The second-order valence-corrected chi connectivity index (χ2v) is 3.52. The molecule has 0 saturated carbocycles. The summed E-state index contributed by atoms with van der Waals surface area (Å²) in [6.45, 7) is 0. The molecule has 0 radical (unpaired) electrons. The summed E-state index contributed by atoms with van der Waals surface area (Å²) in [6.07, 6.45) is 2.88. The summed E-state index contributed by atoms with van der Waals surface area (Å²) in [5, 5.41) is -0.663. The number of hydrogen-bond acceptors (Lipinski definition) is 1. The van der Waals surface area contributed by atoms with E-state index in [0.29, 0.717) is 5.56 Å². The molecule has 1 aromatic carbocycles. The molecule has 0 fully saturated rings. The zero-order chi connectivity index (χ0) is 10.8. The van der Waals surface area contributed by atoms with E-state index in [1.807, 2.05) is 0 Å². The van der Waals surface area contributed by atoms with Crippen LogP contribution in [0.25, 0.3) is 0 Å². The molecule has 0 aliphatic carbocycles. The van der Waals surface area contributed by atoms with Gasteiger partial charge in [0, 0.05) is 17.2 Å². The summed E-state index contributed by atoms with van der Waals surface area (Å²) in [5.74, 6) is -1.27. The van der Waals surface area contributed by atoms with Gasteiger partial charge in [0.05, 0.1) is 17.9 Å². The molecular formula is C11H7ClF2O. The maximum atomic E-state index is 13.3. The van der Waals surface area contributed by atoms with Crippen LogP contribution in [-0.2, 0) is 0 Å². The molecule has 2 aromatic rings. The van der Waals surface area contributed by atoms with E-state index in [-0.39, 0.29) is 5.56 Å². The van der Waals surface area contributed by atoms with Crippen LogP contribution in [0.4, 0.5) is 8.78 Å². The van der Waals surface area contributed by atoms with E-state index in [1.54, 1.807) is 6.07 Å². The van der Waals surface area contributed by atoms with E-state index in [2.05, 4.69) is 0 Å². The molecule has 1 heterocycles. The summed E-state index contributed by atoms with van der Waals surface area (Å²) in [5.41, 5.74) is 0.877. The number of rotatable bonds is 2. The molecule has 1 unspecified atom stereocenters. The van der Waals surface area contributed by atoms with Gasteiger partial charge < -0.3 is 4.42 Å². The van der Waals surface area contributed by atoms with Gasteiger partial charge in [-0.25, -0.2) is 8.78 Å². The number of furan rings is 1. The van der Waals surface area contributed by atoms with Crippen molar-refractivity contribution < 1.29 is 13.2 Å². The lowest BCUT2D eigenvalue weighted by atomic mass is 10.1. The third-order valence-electron chi connectivity index (χ3n) is 2.07. The molecule has 0 bridgehead atoms. The Kier molecular flexibility index (Phi) is 2.73. The van der Waals surface area contributed by atoms with E-state index in [4.69, 9.17) is 16.0 Å². The van der Waals surface area contributed by atoms with Crippen molar-refractivity contribution in [1.82, 2.24) is 0 Å². The van der Waals surface area contributed by atoms with Crippen molar-refractivity contribution in [3.8, 4) is 0 Å². The van der Waals surface area contributed by atoms with Gasteiger partial charge in [0.2, 0.25) is 0 Å². The Hall–Kier alpha value is -1.35. The Morgan fingerprint density at radius 2 is 2.00 bits per heavy atom. The average molecular weight is 229 g/mol. The van der Waals surface area contributed by atoms with Crippen molar-refractivity contribution in [2.45, 2.75) is 5.38 Å². The van der Waals surface area contributed by atoms with Gasteiger partial charge in [-0.3, -0.25) is 0 Å².